The van der Waals surface area contributed by atoms with E-state index in [9.17, 15) is 0 Å². The Bertz CT molecular complexity index is 507. The van der Waals surface area contributed by atoms with Gasteiger partial charge >= 0.3 is 0 Å². The van der Waals surface area contributed by atoms with E-state index in [1.807, 2.05) is 24.3 Å². The Hall–Kier alpha value is -1.76. The lowest BCUT2D eigenvalue weighted by atomic mass is 9.85. The molecule has 0 unspecified atom stereocenters. The lowest BCUT2D eigenvalue weighted by molar-refractivity contribution is 0.590. The largest absolute Gasteiger partial charge is 0.398 e. The molecule has 0 saturated heterocycles. The molecule has 0 amide bonds. The van der Waals surface area contributed by atoms with E-state index in [4.69, 9.17) is 5.73 Å². The van der Waals surface area contributed by atoms with E-state index in [0.717, 1.165) is 11.3 Å². The summed E-state index contributed by atoms with van der Waals surface area (Å²) >= 11 is 0. The fourth-order valence-electron chi connectivity index (χ4n) is 1.89. The van der Waals surface area contributed by atoms with Gasteiger partial charge in [-0.3, -0.25) is 0 Å². The Morgan fingerprint density at radius 1 is 0.882 bits per heavy atom. The van der Waals surface area contributed by atoms with Crippen molar-refractivity contribution in [3.8, 4) is 11.1 Å². The Balaban J connectivity index is 2.55. The summed E-state index contributed by atoms with van der Waals surface area (Å²) < 4.78 is 0. The number of hydrogen-bond donors (Lipinski definition) is 1. The second-order valence-electron chi connectivity index (χ2n) is 5.42. The van der Waals surface area contributed by atoms with Crippen LogP contribution in [-0.2, 0) is 5.41 Å². The fraction of sp³-hybridized carbons (Fsp3) is 0.250. The second-order valence-corrected chi connectivity index (χ2v) is 5.42. The fourth-order valence-corrected chi connectivity index (χ4v) is 1.89. The van der Waals surface area contributed by atoms with Crippen LogP contribution in [-0.4, -0.2) is 0 Å². The van der Waals surface area contributed by atoms with E-state index < -0.39 is 0 Å². The molecular formula is C16H19N. The molecule has 2 aromatic rings. The normalized spacial score (nSPS) is 11.5. The van der Waals surface area contributed by atoms with Crippen LogP contribution in [0.5, 0.6) is 0 Å². The summed E-state index contributed by atoms with van der Waals surface area (Å²) in [6.45, 7) is 6.65. The van der Waals surface area contributed by atoms with Crippen LogP contribution >= 0.6 is 0 Å². The molecule has 0 radical (unpaired) electrons. The number of hydrogen-bond acceptors (Lipinski definition) is 1. The van der Waals surface area contributed by atoms with E-state index in [1.54, 1.807) is 0 Å². The summed E-state index contributed by atoms with van der Waals surface area (Å²) in [5.74, 6) is 0. The number of benzene rings is 2. The summed E-state index contributed by atoms with van der Waals surface area (Å²) in [7, 11) is 0. The van der Waals surface area contributed by atoms with E-state index in [2.05, 4.69) is 45.0 Å². The van der Waals surface area contributed by atoms with Gasteiger partial charge in [0.15, 0.2) is 0 Å². The van der Waals surface area contributed by atoms with Gasteiger partial charge in [0, 0.05) is 11.3 Å². The van der Waals surface area contributed by atoms with Gasteiger partial charge in [0.25, 0.3) is 0 Å². The van der Waals surface area contributed by atoms with Crippen molar-refractivity contribution in [1.82, 2.24) is 0 Å². The third kappa shape index (κ3) is 2.50. The molecule has 0 fully saturated rings. The van der Waals surface area contributed by atoms with Gasteiger partial charge in [-0.2, -0.15) is 0 Å². The molecule has 88 valence electrons. The third-order valence-corrected chi connectivity index (χ3v) is 3.00. The van der Waals surface area contributed by atoms with Crippen LogP contribution in [0.1, 0.15) is 26.3 Å². The molecule has 0 atom stereocenters. The lowest BCUT2D eigenvalue weighted by Gasteiger charge is -2.20. The molecule has 2 aromatic carbocycles. The first-order valence-corrected chi connectivity index (χ1v) is 5.94. The zero-order chi connectivity index (χ0) is 12.5. The highest BCUT2D eigenvalue weighted by Gasteiger charge is 2.15. The van der Waals surface area contributed by atoms with Gasteiger partial charge in [0.05, 0.1) is 0 Å². The molecule has 2 N–H and O–H groups in total. The first-order chi connectivity index (χ1) is 7.98. The number of rotatable bonds is 1. The van der Waals surface area contributed by atoms with Crippen molar-refractivity contribution < 1.29 is 0 Å². The molecule has 1 nitrogen and oxygen atoms in total. The predicted octanol–water partition coefficient (Wildman–Crippen LogP) is 4.23. The standard InChI is InChI=1S/C16H19N/c1-16(2,3)13-9-10-15(17)14(11-13)12-7-5-4-6-8-12/h4-11H,17H2,1-3H3. The minimum Gasteiger partial charge on any atom is -0.398 e. The molecule has 0 spiro atoms. The van der Waals surface area contributed by atoms with Crippen LogP contribution in [0.4, 0.5) is 5.69 Å². The molecule has 0 aliphatic carbocycles. The van der Waals surface area contributed by atoms with E-state index in [0.29, 0.717) is 0 Å². The highest BCUT2D eigenvalue weighted by Crippen LogP contribution is 2.31. The molecule has 2 rings (SSSR count). The molecule has 0 aliphatic heterocycles. The first kappa shape index (κ1) is 11.7. The smallest absolute Gasteiger partial charge is 0.0393 e. The van der Waals surface area contributed by atoms with Crippen molar-refractivity contribution >= 4 is 5.69 Å². The van der Waals surface area contributed by atoms with E-state index in [-0.39, 0.29) is 5.41 Å². The molecule has 0 saturated carbocycles. The van der Waals surface area contributed by atoms with Crippen molar-refractivity contribution in [2.75, 3.05) is 5.73 Å². The van der Waals surface area contributed by atoms with Crippen LogP contribution in [0.15, 0.2) is 48.5 Å². The van der Waals surface area contributed by atoms with E-state index >= 15 is 0 Å². The molecule has 0 bridgehead atoms. The Kier molecular flexibility index (Phi) is 2.93. The molecule has 0 heterocycles. The maximum absolute atomic E-state index is 6.06. The van der Waals surface area contributed by atoms with Gasteiger partial charge in [0.1, 0.15) is 0 Å². The predicted molar refractivity (Wildman–Crippen MR) is 75.0 cm³/mol. The Labute approximate surface area is 103 Å². The highest BCUT2D eigenvalue weighted by atomic mass is 14.6. The van der Waals surface area contributed by atoms with Gasteiger partial charge in [-0.15, -0.1) is 0 Å². The van der Waals surface area contributed by atoms with Gasteiger partial charge in [-0.1, -0.05) is 57.2 Å². The quantitative estimate of drug-likeness (QED) is 0.722. The number of anilines is 1. The lowest BCUT2D eigenvalue weighted by Crippen LogP contribution is -2.11. The summed E-state index contributed by atoms with van der Waals surface area (Å²) in [5.41, 5.74) is 10.7. The monoisotopic (exact) mass is 225 g/mol. The molecule has 1 heteroatoms. The topological polar surface area (TPSA) is 26.0 Å². The van der Waals surface area contributed by atoms with Crippen LogP contribution < -0.4 is 5.73 Å². The van der Waals surface area contributed by atoms with Gasteiger partial charge < -0.3 is 5.73 Å². The minimum absolute atomic E-state index is 0.150. The van der Waals surface area contributed by atoms with Crippen LogP contribution in [0.3, 0.4) is 0 Å². The van der Waals surface area contributed by atoms with Gasteiger partial charge in [-0.05, 0) is 28.7 Å². The molecule has 0 aliphatic rings. The number of nitrogens with two attached hydrogens (primary N) is 1. The molecule has 0 aromatic heterocycles. The average molecular weight is 225 g/mol. The summed E-state index contributed by atoms with van der Waals surface area (Å²) in [6, 6.07) is 16.6. The summed E-state index contributed by atoms with van der Waals surface area (Å²) in [4.78, 5) is 0. The second kappa shape index (κ2) is 4.25. The summed E-state index contributed by atoms with van der Waals surface area (Å²) in [6.07, 6.45) is 0. The molecule has 17 heavy (non-hydrogen) atoms. The van der Waals surface area contributed by atoms with Crippen molar-refractivity contribution in [2.24, 2.45) is 0 Å². The van der Waals surface area contributed by atoms with Gasteiger partial charge in [-0.25, -0.2) is 0 Å². The van der Waals surface area contributed by atoms with Gasteiger partial charge in [0.2, 0.25) is 0 Å². The Morgan fingerprint density at radius 2 is 1.53 bits per heavy atom. The minimum atomic E-state index is 0.150. The van der Waals surface area contributed by atoms with Crippen LogP contribution in [0, 0.1) is 0 Å². The van der Waals surface area contributed by atoms with Crippen LogP contribution in [0.2, 0.25) is 0 Å². The zero-order valence-corrected chi connectivity index (χ0v) is 10.7. The SMILES string of the molecule is CC(C)(C)c1ccc(N)c(-c2ccccc2)c1. The first-order valence-electron chi connectivity index (χ1n) is 5.94. The maximum Gasteiger partial charge on any atom is 0.0393 e. The molecular weight excluding hydrogens is 206 g/mol. The van der Waals surface area contributed by atoms with E-state index in [1.165, 1.54) is 11.1 Å². The van der Waals surface area contributed by atoms with Crippen molar-refractivity contribution in [3.05, 3.63) is 54.1 Å². The Morgan fingerprint density at radius 3 is 2.12 bits per heavy atom. The number of nitrogen functional groups attached to an aromatic ring is 1. The van der Waals surface area contributed by atoms with Crippen molar-refractivity contribution in [2.45, 2.75) is 26.2 Å². The zero-order valence-electron chi connectivity index (χ0n) is 10.7. The third-order valence-electron chi connectivity index (χ3n) is 3.00. The van der Waals surface area contributed by atoms with Crippen molar-refractivity contribution in [3.63, 3.8) is 0 Å². The maximum atomic E-state index is 6.06. The summed E-state index contributed by atoms with van der Waals surface area (Å²) in [5, 5.41) is 0. The average Bonchev–Trinajstić information content (AvgIpc) is 2.29. The van der Waals surface area contributed by atoms with Crippen molar-refractivity contribution in [1.29, 1.82) is 0 Å². The highest BCUT2D eigenvalue weighted by molar-refractivity contribution is 5.77. The van der Waals surface area contributed by atoms with Crippen LogP contribution in [0.25, 0.3) is 11.1 Å².